The Morgan fingerprint density at radius 1 is 1.21 bits per heavy atom. The predicted molar refractivity (Wildman–Crippen MR) is 77.0 cm³/mol. The molecule has 1 aromatic carbocycles. The summed E-state index contributed by atoms with van der Waals surface area (Å²) in [5, 5.41) is 12.2. The molecule has 19 heavy (non-hydrogen) atoms. The third-order valence-electron chi connectivity index (χ3n) is 4.27. The second kappa shape index (κ2) is 6.09. The Balaban J connectivity index is 2.11. The first-order valence-corrected chi connectivity index (χ1v) is 7.06. The number of nitrogens with zero attached hydrogens (tertiary/aromatic N) is 1. The third-order valence-corrected chi connectivity index (χ3v) is 4.27. The zero-order chi connectivity index (χ0) is 13.8. The molecule has 0 heterocycles. The van der Waals surface area contributed by atoms with Crippen LogP contribution in [0, 0.1) is 11.8 Å². The highest BCUT2D eigenvalue weighted by molar-refractivity contribution is 6.00. The van der Waals surface area contributed by atoms with Crippen molar-refractivity contribution in [1.29, 1.82) is 0 Å². The molecule has 3 unspecified atom stereocenters. The number of hydrogen-bond donors (Lipinski definition) is 1. The molecule has 3 heteroatoms. The fourth-order valence-corrected chi connectivity index (χ4v) is 2.71. The van der Waals surface area contributed by atoms with E-state index < -0.39 is 0 Å². The van der Waals surface area contributed by atoms with Crippen molar-refractivity contribution < 1.29 is 9.94 Å². The van der Waals surface area contributed by atoms with Crippen molar-refractivity contribution in [3.8, 4) is 5.75 Å². The molecule has 3 atom stereocenters. The van der Waals surface area contributed by atoms with Gasteiger partial charge in [-0.05, 0) is 50.2 Å². The van der Waals surface area contributed by atoms with Gasteiger partial charge in [0.1, 0.15) is 5.75 Å². The minimum Gasteiger partial charge on any atom is -0.490 e. The van der Waals surface area contributed by atoms with Crippen molar-refractivity contribution in [1.82, 2.24) is 0 Å². The van der Waals surface area contributed by atoms with Gasteiger partial charge in [-0.1, -0.05) is 31.1 Å². The molecule has 1 saturated carbocycles. The molecular weight excluding hydrogens is 238 g/mol. The summed E-state index contributed by atoms with van der Waals surface area (Å²) in [6.07, 6.45) is 3.71. The van der Waals surface area contributed by atoms with Crippen LogP contribution < -0.4 is 4.74 Å². The van der Waals surface area contributed by atoms with Gasteiger partial charge < -0.3 is 9.94 Å². The second-order valence-electron chi connectivity index (χ2n) is 5.69. The van der Waals surface area contributed by atoms with Gasteiger partial charge >= 0.3 is 0 Å². The lowest BCUT2D eigenvalue weighted by Gasteiger charge is -2.32. The Labute approximate surface area is 115 Å². The van der Waals surface area contributed by atoms with Gasteiger partial charge in [-0.3, -0.25) is 0 Å². The number of oxime groups is 1. The Morgan fingerprint density at radius 2 is 1.95 bits per heavy atom. The monoisotopic (exact) mass is 261 g/mol. The quantitative estimate of drug-likeness (QED) is 0.506. The number of ether oxygens (including phenoxy) is 1. The summed E-state index contributed by atoms with van der Waals surface area (Å²) in [5.41, 5.74) is 1.46. The largest absolute Gasteiger partial charge is 0.490 e. The standard InChI is InChI=1S/C16H23NO2/c1-11-8-9-14(10-12(11)2)19-16-7-5-4-6-15(16)13(3)17-18/h4-7,11-12,14,18H,8-10H2,1-3H3. The van der Waals surface area contributed by atoms with Crippen molar-refractivity contribution in [2.24, 2.45) is 17.0 Å². The minimum atomic E-state index is 0.277. The smallest absolute Gasteiger partial charge is 0.128 e. The second-order valence-corrected chi connectivity index (χ2v) is 5.69. The number of para-hydroxylation sites is 1. The highest BCUT2D eigenvalue weighted by Crippen LogP contribution is 2.32. The van der Waals surface area contributed by atoms with E-state index in [1.807, 2.05) is 24.3 Å². The zero-order valence-electron chi connectivity index (χ0n) is 12.0. The van der Waals surface area contributed by atoms with Crippen LogP contribution in [0.25, 0.3) is 0 Å². The summed E-state index contributed by atoms with van der Waals surface area (Å²) in [6.45, 7) is 6.40. The number of benzene rings is 1. The molecule has 1 aromatic rings. The average Bonchev–Trinajstić information content (AvgIpc) is 2.43. The van der Waals surface area contributed by atoms with Gasteiger partial charge in [0.2, 0.25) is 0 Å². The molecule has 0 aromatic heterocycles. The summed E-state index contributed by atoms with van der Waals surface area (Å²) in [7, 11) is 0. The molecule has 1 aliphatic rings. The van der Waals surface area contributed by atoms with Crippen LogP contribution in [0.4, 0.5) is 0 Å². The third kappa shape index (κ3) is 3.28. The van der Waals surface area contributed by atoms with Gasteiger partial charge in [-0.25, -0.2) is 0 Å². The van der Waals surface area contributed by atoms with Gasteiger partial charge in [-0.15, -0.1) is 0 Å². The molecule has 2 rings (SSSR count). The van der Waals surface area contributed by atoms with E-state index in [9.17, 15) is 0 Å². The van der Waals surface area contributed by atoms with Gasteiger partial charge in [0, 0.05) is 5.56 Å². The average molecular weight is 261 g/mol. The summed E-state index contributed by atoms with van der Waals surface area (Å²) in [6, 6.07) is 7.77. The summed E-state index contributed by atoms with van der Waals surface area (Å²) in [4.78, 5) is 0. The maximum Gasteiger partial charge on any atom is 0.128 e. The number of rotatable bonds is 3. The summed E-state index contributed by atoms with van der Waals surface area (Å²) >= 11 is 0. The van der Waals surface area contributed by atoms with Gasteiger partial charge in [0.25, 0.3) is 0 Å². The van der Waals surface area contributed by atoms with Gasteiger partial charge in [0.05, 0.1) is 11.8 Å². The lowest BCUT2D eigenvalue weighted by Crippen LogP contribution is -2.29. The predicted octanol–water partition coefficient (Wildman–Crippen LogP) is 4.09. The zero-order valence-corrected chi connectivity index (χ0v) is 12.0. The van der Waals surface area contributed by atoms with Crippen LogP contribution in [-0.4, -0.2) is 17.0 Å². The van der Waals surface area contributed by atoms with Crippen LogP contribution in [0.5, 0.6) is 5.75 Å². The normalized spacial score (nSPS) is 28.2. The molecule has 0 spiro atoms. The lowest BCUT2D eigenvalue weighted by atomic mass is 9.80. The van der Waals surface area contributed by atoms with Crippen LogP contribution in [0.2, 0.25) is 0 Å². The highest BCUT2D eigenvalue weighted by Gasteiger charge is 2.26. The van der Waals surface area contributed by atoms with Crippen LogP contribution in [-0.2, 0) is 0 Å². The molecule has 3 nitrogen and oxygen atoms in total. The maximum absolute atomic E-state index is 8.93. The van der Waals surface area contributed by atoms with E-state index in [0.717, 1.165) is 30.1 Å². The molecule has 1 aliphatic carbocycles. The Bertz CT molecular complexity index is 456. The van der Waals surface area contributed by atoms with Crippen molar-refractivity contribution >= 4 is 5.71 Å². The fourth-order valence-electron chi connectivity index (χ4n) is 2.71. The molecule has 0 saturated heterocycles. The van der Waals surface area contributed by atoms with Crippen LogP contribution in [0.1, 0.15) is 45.6 Å². The fraction of sp³-hybridized carbons (Fsp3) is 0.562. The Hall–Kier alpha value is -1.51. The molecule has 1 fully saturated rings. The van der Waals surface area contributed by atoms with E-state index in [2.05, 4.69) is 19.0 Å². The molecule has 0 aliphatic heterocycles. The van der Waals surface area contributed by atoms with E-state index in [1.165, 1.54) is 6.42 Å². The minimum absolute atomic E-state index is 0.277. The lowest BCUT2D eigenvalue weighted by molar-refractivity contribution is 0.100. The van der Waals surface area contributed by atoms with Crippen molar-refractivity contribution in [2.75, 3.05) is 0 Å². The van der Waals surface area contributed by atoms with Gasteiger partial charge in [0.15, 0.2) is 0 Å². The first-order valence-electron chi connectivity index (χ1n) is 7.06. The molecule has 0 bridgehead atoms. The van der Waals surface area contributed by atoms with E-state index in [0.29, 0.717) is 11.6 Å². The maximum atomic E-state index is 8.93. The molecule has 104 valence electrons. The molecular formula is C16H23NO2. The van der Waals surface area contributed by atoms with Crippen LogP contribution in [0.3, 0.4) is 0 Å². The first-order chi connectivity index (χ1) is 9.11. The van der Waals surface area contributed by atoms with E-state index in [1.54, 1.807) is 6.92 Å². The highest BCUT2D eigenvalue weighted by atomic mass is 16.5. The Kier molecular flexibility index (Phi) is 4.46. The number of hydrogen-bond acceptors (Lipinski definition) is 3. The first kappa shape index (κ1) is 13.9. The molecule has 1 N–H and O–H groups in total. The summed E-state index contributed by atoms with van der Waals surface area (Å²) < 4.78 is 6.14. The van der Waals surface area contributed by atoms with Crippen molar-refractivity contribution in [3.05, 3.63) is 29.8 Å². The molecule has 0 amide bonds. The SMILES string of the molecule is CC(=NO)c1ccccc1OC1CCC(C)C(C)C1. The topological polar surface area (TPSA) is 41.8 Å². The van der Waals surface area contributed by atoms with Crippen molar-refractivity contribution in [2.45, 2.75) is 46.1 Å². The van der Waals surface area contributed by atoms with E-state index in [4.69, 9.17) is 9.94 Å². The Morgan fingerprint density at radius 3 is 2.63 bits per heavy atom. The van der Waals surface area contributed by atoms with E-state index in [-0.39, 0.29) is 6.10 Å². The van der Waals surface area contributed by atoms with Crippen LogP contribution >= 0.6 is 0 Å². The van der Waals surface area contributed by atoms with Gasteiger partial charge in [-0.2, -0.15) is 0 Å². The van der Waals surface area contributed by atoms with Crippen molar-refractivity contribution in [3.63, 3.8) is 0 Å². The summed E-state index contributed by atoms with van der Waals surface area (Å²) in [5.74, 6) is 2.32. The molecule has 0 radical (unpaired) electrons. The van der Waals surface area contributed by atoms with Crippen LogP contribution in [0.15, 0.2) is 29.4 Å². The van der Waals surface area contributed by atoms with E-state index >= 15 is 0 Å².